The molecule has 4 rings (SSSR count). The Hall–Kier alpha value is -3.74. The lowest BCUT2D eigenvalue weighted by Crippen LogP contribution is -2.44. The minimum atomic E-state index is -5.24. The summed E-state index contributed by atoms with van der Waals surface area (Å²) in [5.41, 5.74) is 1.10. The number of methoxy groups -OCH3 is 1. The Balaban J connectivity index is 1.66. The molecule has 2 atom stereocenters. The highest BCUT2D eigenvalue weighted by Crippen LogP contribution is 2.44. The largest absolute Gasteiger partial charge is 0.493 e. The van der Waals surface area contributed by atoms with Gasteiger partial charge in [-0.25, -0.2) is 9.37 Å². The van der Waals surface area contributed by atoms with Gasteiger partial charge in [-0.05, 0) is 74.4 Å². The highest BCUT2D eigenvalue weighted by atomic mass is 35.5. The molecule has 1 amide bonds. The SMILES string of the molecule is COc1cc(C(=O)CCC(O)(c2cc(C(C)(C)N)cc(-c3ccc(F)c(Cl)c3)n2)C(F)(F)F)ccc1O[C@H]1CCNC1=O. The second kappa shape index (κ2) is 12.1. The van der Waals surface area contributed by atoms with Gasteiger partial charge in [0, 0.05) is 36.1 Å². The molecule has 1 fully saturated rings. The first-order valence-electron chi connectivity index (χ1n) is 13.3. The number of aliphatic hydroxyl groups is 1. The van der Waals surface area contributed by atoms with Crippen LogP contribution in [0.4, 0.5) is 17.6 Å². The van der Waals surface area contributed by atoms with E-state index in [2.05, 4.69) is 10.3 Å². The number of rotatable bonds is 10. The van der Waals surface area contributed by atoms with Crippen molar-refractivity contribution in [3.8, 4) is 22.8 Å². The van der Waals surface area contributed by atoms with Crippen LogP contribution >= 0.6 is 11.6 Å². The van der Waals surface area contributed by atoms with Gasteiger partial charge in [-0.1, -0.05) is 11.6 Å². The molecule has 0 bridgehead atoms. The Morgan fingerprint density at radius 2 is 1.86 bits per heavy atom. The van der Waals surface area contributed by atoms with Gasteiger partial charge in [0.05, 0.1) is 23.5 Å². The third kappa shape index (κ3) is 6.92. The van der Waals surface area contributed by atoms with Crippen molar-refractivity contribution >= 4 is 23.3 Å². The van der Waals surface area contributed by atoms with Gasteiger partial charge in [-0.2, -0.15) is 13.2 Å². The molecule has 1 saturated heterocycles. The summed E-state index contributed by atoms with van der Waals surface area (Å²) in [6.45, 7) is 3.57. The van der Waals surface area contributed by atoms with Crippen LogP contribution < -0.4 is 20.5 Å². The van der Waals surface area contributed by atoms with Gasteiger partial charge in [-0.15, -0.1) is 0 Å². The molecule has 8 nitrogen and oxygen atoms in total. The van der Waals surface area contributed by atoms with E-state index in [0.717, 1.165) is 12.1 Å². The fourth-order valence-corrected chi connectivity index (χ4v) is 4.73. The van der Waals surface area contributed by atoms with Crippen molar-refractivity contribution < 1.29 is 41.7 Å². The first-order chi connectivity index (χ1) is 20.0. The molecule has 1 aromatic heterocycles. The number of amides is 1. The predicted octanol–water partition coefficient (Wildman–Crippen LogP) is 5.42. The lowest BCUT2D eigenvalue weighted by molar-refractivity contribution is -0.270. The zero-order valence-electron chi connectivity index (χ0n) is 23.5. The fourth-order valence-electron chi connectivity index (χ4n) is 4.55. The lowest BCUT2D eigenvalue weighted by atomic mass is 9.86. The number of carbonyl (C=O) groups excluding carboxylic acids is 2. The summed E-state index contributed by atoms with van der Waals surface area (Å²) >= 11 is 5.89. The molecule has 1 aliphatic rings. The predicted molar refractivity (Wildman–Crippen MR) is 150 cm³/mol. The van der Waals surface area contributed by atoms with Gasteiger partial charge in [0.25, 0.3) is 5.91 Å². The average Bonchev–Trinajstić information content (AvgIpc) is 3.35. The summed E-state index contributed by atoms with van der Waals surface area (Å²) < 4.78 is 68.4. The number of Topliss-reactive ketones (excluding diaryl/α,β-unsaturated/α-hetero) is 1. The summed E-state index contributed by atoms with van der Waals surface area (Å²) in [4.78, 5) is 29.0. The smallest absolute Gasteiger partial charge is 0.422 e. The third-order valence-corrected chi connectivity index (χ3v) is 7.43. The molecule has 43 heavy (non-hydrogen) atoms. The number of nitrogens with two attached hydrogens (primary N) is 1. The normalized spacial score (nSPS) is 16.9. The number of halogens is 5. The first-order valence-corrected chi connectivity index (χ1v) is 13.6. The number of ether oxygens (including phenoxy) is 2. The van der Waals surface area contributed by atoms with Gasteiger partial charge in [0.15, 0.2) is 23.4 Å². The topological polar surface area (TPSA) is 124 Å². The van der Waals surface area contributed by atoms with Crippen molar-refractivity contribution in [2.75, 3.05) is 13.7 Å². The molecule has 230 valence electrons. The number of pyridine rings is 1. The van der Waals surface area contributed by atoms with Crippen LogP contribution in [0.1, 0.15) is 54.7 Å². The number of benzene rings is 2. The molecular weight excluding hydrogens is 594 g/mol. The van der Waals surface area contributed by atoms with E-state index in [1.807, 2.05) is 0 Å². The highest BCUT2D eigenvalue weighted by Gasteiger charge is 2.56. The van der Waals surface area contributed by atoms with Crippen molar-refractivity contribution in [1.82, 2.24) is 10.3 Å². The quantitative estimate of drug-likeness (QED) is 0.203. The van der Waals surface area contributed by atoms with E-state index in [1.165, 1.54) is 43.5 Å². The average molecular weight is 624 g/mol. The number of ketones is 1. The molecule has 1 unspecified atom stereocenters. The maximum absolute atomic E-state index is 14.5. The summed E-state index contributed by atoms with van der Waals surface area (Å²) in [5.74, 6) is -1.45. The molecule has 13 heteroatoms. The summed E-state index contributed by atoms with van der Waals surface area (Å²) in [7, 11) is 1.32. The van der Waals surface area contributed by atoms with Crippen molar-refractivity contribution in [2.45, 2.75) is 56.5 Å². The van der Waals surface area contributed by atoms with Crippen molar-refractivity contribution in [1.29, 1.82) is 0 Å². The van der Waals surface area contributed by atoms with Gasteiger partial charge in [0.2, 0.25) is 5.60 Å². The molecule has 1 aliphatic heterocycles. The van der Waals surface area contributed by atoms with Crippen molar-refractivity contribution in [3.05, 3.63) is 76.2 Å². The number of nitrogens with zero attached hydrogens (tertiary/aromatic N) is 1. The number of nitrogens with one attached hydrogen (secondary N) is 1. The van der Waals surface area contributed by atoms with Crippen LogP contribution in [-0.2, 0) is 15.9 Å². The van der Waals surface area contributed by atoms with Crippen LogP contribution in [0, 0.1) is 5.82 Å². The Kier molecular flexibility index (Phi) is 9.05. The Morgan fingerprint density at radius 3 is 2.44 bits per heavy atom. The minimum absolute atomic E-state index is 0.0102. The summed E-state index contributed by atoms with van der Waals surface area (Å²) in [6, 6.07) is 10.0. The van der Waals surface area contributed by atoms with Crippen molar-refractivity contribution in [3.63, 3.8) is 0 Å². The van der Waals surface area contributed by atoms with E-state index in [0.29, 0.717) is 13.0 Å². The van der Waals surface area contributed by atoms with E-state index < -0.39 is 53.6 Å². The van der Waals surface area contributed by atoms with Gasteiger partial charge in [0.1, 0.15) is 5.82 Å². The number of hydrogen-bond acceptors (Lipinski definition) is 7. The van der Waals surface area contributed by atoms with Crippen LogP contribution in [-0.4, -0.2) is 47.7 Å². The fraction of sp³-hybridized carbons (Fsp3) is 0.367. The Bertz CT molecular complexity index is 1540. The number of aromatic nitrogens is 1. The monoisotopic (exact) mass is 623 g/mol. The van der Waals surface area contributed by atoms with E-state index in [-0.39, 0.29) is 44.8 Å². The molecule has 0 spiro atoms. The van der Waals surface area contributed by atoms with Gasteiger partial charge >= 0.3 is 6.18 Å². The lowest BCUT2D eigenvalue weighted by Gasteiger charge is -2.32. The van der Waals surface area contributed by atoms with E-state index in [1.54, 1.807) is 13.8 Å². The van der Waals surface area contributed by atoms with Gasteiger partial charge < -0.3 is 25.6 Å². The molecule has 0 radical (unpaired) electrons. The number of hydrogen-bond donors (Lipinski definition) is 3. The second-order valence-corrected chi connectivity index (χ2v) is 11.2. The van der Waals surface area contributed by atoms with E-state index in [4.69, 9.17) is 26.8 Å². The maximum Gasteiger partial charge on any atom is 0.422 e. The molecular formula is C30H30ClF4N3O5. The van der Waals surface area contributed by atoms with Crippen LogP contribution in [0.2, 0.25) is 5.02 Å². The maximum atomic E-state index is 14.5. The molecule has 3 aromatic rings. The van der Waals surface area contributed by atoms with Crippen LogP contribution in [0.15, 0.2) is 48.5 Å². The summed E-state index contributed by atoms with van der Waals surface area (Å²) in [6.07, 6.45) is -7.34. The number of carbonyl (C=O) groups is 2. The van der Waals surface area contributed by atoms with Gasteiger partial charge in [-0.3, -0.25) is 9.59 Å². The van der Waals surface area contributed by atoms with E-state index >= 15 is 0 Å². The minimum Gasteiger partial charge on any atom is -0.493 e. The van der Waals surface area contributed by atoms with Crippen LogP contribution in [0.25, 0.3) is 11.3 Å². The highest BCUT2D eigenvalue weighted by molar-refractivity contribution is 6.31. The molecule has 0 aliphatic carbocycles. The van der Waals surface area contributed by atoms with Crippen LogP contribution in [0.5, 0.6) is 11.5 Å². The van der Waals surface area contributed by atoms with E-state index in [9.17, 15) is 32.3 Å². The molecule has 2 heterocycles. The standard InChI is InChI=1S/C30H30ClF4N3O5/c1-28(2,36)18-14-21(16-4-6-20(32)19(31)12-16)38-26(15-18)29(41,30(33,34)35)10-8-22(39)17-5-7-23(25(13-17)42-3)43-24-9-11-37-27(24)40/h4-7,12-15,24,41H,8-11,36H2,1-3H3,(H,37,40)/t24-,29?/m0/s1. The third-order valence-electron chi connectivity index (χ3n) is 7.14. The Morgan fingerprint density at radius 1 is 1.14 bits per heavy atom. The summed E-state index contributed by atoms with van der Waals surface area (Å²) in [5, 5.41) is 13.5. The Labute approximate surface area is 250 Å². The van der Waals surface area contributed by atoms with Crippen LogP contribution in [0.3, 0.4) is 0 Å². The number of alkyl halides is 3. The zero-order chi connectivity index (χ0) is 31.7. The molecule has 4 N–H and O–H groups in total. The van der Waals surface area contributed by atoms with Crippen molar-refractivity contribution in [2.24, 2.45) is 5.73 Å². The zero-order valence-corrected chi connectivity index (χ0v) is 24.3. The molecule has 2 aromatic carbocycles. The molecule has 0 saturated carbocycles. The second-order valence-electron chi connectivity index (χ2n) is 10.8. The first kappa shape index (κ1) is 32.2.